The normalized spacial score (nSPS) is 9.94. The molecule has 0 saturated carbocycles. The van der Waals surface area contributed by atoms with E-state index in [-0.39, 0.29) is 11.4 Å². The zero-order valence-electron chi connectivity index (χ0n) is 9.50. The standard InChI is InChI=1S/C12H11N5O/c13-5-8-2-1-3-9(4-8)6-17-7-10(14)11(16-17)12(15)18/h1-4,7H,6,14H2,(H2,15,18). The molecule has 0 radical (unpaired) electrons. The number of primary amides is 1. The summed E-state index contributed by atoms with van der Waals surface area (Å²) >= 11 is 0. The van der Waals surface area contributed by atoms with Crippen LogP contribution in [0.25, 0.3) is 0 Å². The topological polar surface area (TPSA) is 111 Å². The maximum Gasteiger partial charge on any atom is 0.271 e. The van der Waals surface area contributed by atoms with E-state index in [2.05, 4.69) is 11.2 Å². The summed E-state index contributed by atoms with van der Waals surface area (Å²) in [6, 6.07) is 9.18. The first-order chi connectivity index (χ1) is 8.60. The van der Waals surface area contributed by atoms with Crippen molar-refractivity contribution in [3.8, 4) is 6.07 Å². The highest BCUT2D eigenvalue weighted by molar-refractivity contribution is 5.95. The highest BCUT2D eigenvalue weighted by atomic mass is 16.1. The fourth-order valence-electron chi connectivity index (χ4n) is 1.64. The first-order valence-electron chi connectivity index (χ1n) is 5.22. The summed E-state index contributed by atoms with van der Waals surface area (Å²) < 4.78 is 1.52. The summed E-state index contributed by atoms with van der Waals surface area (Å²) in [4.78, 5) is 11.0. The molecule has 6 nitrogen and oxygen atoms in total. The van der Waals surface area contributed by atoms with E-state index < -0.39 is 5.91 Å². The molecule has 1 aromatic heterocycles. The van der Waals surface area contributed by atoms with Gasteiger partial charge in [-0.3, -0.25) is 9.48 Å². The van der Waals surface area contributed by atoms with Crippen molar-refractivity contribution in [3.05, 3.63) is 47.3 Å². The van der Waals surface area contributed by atoms with E-state index in [0.717, 1.165) is 5.56 Å². The second kappa shape index (κ2) is 4.59. The number of anilines is 1. The Kier molecular flexibility index (Phi) is 2.98. The van der Waals surface area contributed by atoms with Gasteiger partial charge in [0, 0.05) is 6.20 Å². The van der Waals surface area contributed by atoms with Gasteiger partial charge >= 0.3 is 0 Å². The second-order valence-corrected chi connectivity index (χ2v) is 3.81. The summed E-state index contributed by atoms with van der Waals surface area (Å²) in [7, 11) is 0. The van der Waals surface area contributed by atoms with Crippen molar-refractivity contribution >= 4 is 11.6 Å². The van der Waals surface area contributed by atoms with Crippen LogP contribution in [-0.4, -0.2) is 15.7 Å². The number of amides is 1. The number of carbonyl (C=O) groups is 1. The minimum Gasteiger partial charge on any atom is -0.396 e. The number of aromatic nitrogens is 2. The van der Waals surface area contributed by atoms with Crippen molar-refractivity contribution in [2.45, 2.75) is 6.54 Å². The maximum atomic E-state index is 11.0. The molecule has 1 amide bonds. The fourth-order valence-corrected chi connectivity index (χ4v) is 1.64. The molecular weight excluding hydrogens is 230 g/mol. The summed E-state index contributed by atoms with van der Waals surface area (Å²) in [6.07, 6.45) is 1.54. The molecule has 1 heterocycles. The number of nitrogens with zero attached hydrogens (tertiary/aromatic N) is 3. The van der Waals surface area contributed by atoms with E-state index in [1.54, 1.807) is 24.4 Å². The van der Waals surface area contributed by atoms with Gasteiger partial charge < -0.3 is 11.5 Å². The Morgan fingerprint density at radius 1 is 1.50 bits per heavy atom. The summed E-state index contributed by atoms with van der Waals surface area (Å²) in [5, 5.41) is 12.8. The highest BCUT2D eigenvalue weighted by Crippen LogP contribution is 2.11. The minimum absolute atomic E-state index is 0.0615. The lowest BCUT2D eigenvalue weighted by Gasteiger charge is -2.01. The molecule has 0 saturated heterocycles. The largest absolute Gasteiger partial charge is 0.396 e. The lowest BCUT2D eigenvalue weighted by molar-refractivity contribution is 0.0995. The minimum atomic E-state index is -0.656. The SMILES string of the molecule is N#Cc1cccc(Cn2cc(N)c(C(N)=O)n2)c1. The Balaban J connectivity index is 2.26. The van der Waals surface area contributed by atoms with Gasteiger partial charge in [0.05, 0.1) is 23.9 Å². The smallest absolute Gasteiger partial charge is 0.271 e. The molecule has 0 aliphatic heterocycles. The molecule has 0 aliphatic carbocycles. The molecular formula is C12H11N5O. The number of rotatable bonds is 3. The second-order valence-electron chi connectivity index (χ2n) is 3.81. The maximum absolute atomic E-state index is 11.0. The number of hydrogen-bond donors (Lipinski definition) is 2. The monoisotopic (exact) mass is 241 g/mol. The Hall–Kier alpha value is -2.81. The zero-order chi connectivity index (χ0) is 13.1. The van der Waals surface area contributed by atoms with Gasteiger partial charge in [-0.05, 0) is 17.7 Å². The van der Waals surface area contributed by atoms with Crippen molar-refractivity contribution in [2.24, 2.45) is 5.73 Å². The van der Waals surface area contributed by atoms with Gasteiger partial charge in [0.25, 0.3) is 5.91 Å². The van der Waals surface area contributed by atoms with Crippen LogP contribution < -0.4 is 11.5 Å². The number of carbonyl (C=O) groups excluding carboxylic acids is 1. The predicted octanol–water partition coefficient (Wildman–Crippen LogP) is 0.484. The quantitative estimate of drug-likeness (QED) is 0.814. The van der Waals surface area contributed by atoms with Crippen LogP contribution in [0, 0.1) is 11.3 Å². The number of nitrogen functional groups attached to an aromatic ring is 1. The summed E-state index contributed by atoms with van der Waals surface area (Å²) in [6.45, 7) is 0.424. The van der Waals surface area contributed by atoms with Crippen molar-refractivity contribution in [1.82, 2.24) is 9.78 Å². The Morgan fingerprint density at radius 3 is 2.89 bits per heavy atom. The third kappa shape index (κ3) is 2.30. The summed E-state index contributed by atoms with van der Waals surface area (Å²) in [5.74, 6) is -0.656. The van der Waals surface area contributed by atoms with Crippen molar-refractivity contribution in [3.63, 3.8) is 0 Å². The number of nitrogens with two attached hydrogens (primary N) is 2. The van der Waals surface area contributed by atoms with Crippen LogP contribution in [0.5, 0.6) is 0 Å². The van der Waals surface area contributed by atoms with Gasteiger partial charge in [-0.1, -0.05) is 12.1 Å². The molecule has 0 bridgehead atoms. The molecule has 2 rings (SSSR count). The zero-order valence-corrected chi connectivity index (χ0v) is 9.50. The average molecular weight is 241 g/mol. The number of hydrogen-bond acceptors (Lipinski definition) is 4. The molecule has 18 heavy (non-hydrogen) atoms. The van der Waals surface area contributed by atoms with E-state index in [0.29, 0.717) is 12.1 Å². The van der Waals surface area contributed by atoms with Crippen LogP contribution in [0.3, 0.4) is 0 Å². The van der Waals surface area contributed by atoms with Gasteiger partial charge in [0.15, 0.2) is 5.69 Å². The van der Waals surface area contributed by atoms with Crippen LogP contribution >= 0.6 is 0 Å². The van der Waals surface area contributed by atoms with Crippen LogP contribution in [-0.2, 0) is 6.54 Å². The third-order valence-electron chi connectivity index (χ3n) is 2.42. The van der Waals surface area contributed by atoms with Gasteiger partial charge in [0.1, 0.15) is 0 Å². The highest BCUT2D eigenvalue weighted by Gasteiger charge is 2.11. The van der Waals surface area contributed by atoms with Crippen LogP contribution in [0.2, 0.25) is 0 Å². The Bertz CT molecular complexity index is 638. The van der Waals surface area contributed by atoms with Crippen LogP contribution in [0.1, 0.15) is 21.6 Å². The van der Waals surface area contributed by atoms with Crippen molar-refractivity contribution in [1.29, 1.82) is 5.26 Å². The number of nitriles is 1. The van der Waals surface area contributed by atoms with Gasteiger partial charge in [-0.25, -0.2) is 0 Å². The molecule has 0 aliphatic rings. The van der Waals surface area contributed by atoms with Gasteiger partial charge in [0.2, 0.25) is 0 Å². The molecule has 4 N–H and O–H groups in total. The molecule has 90 valence electrons. The number of benzene rings is 1. The van der Waals surface area contributed by atoms with Crippen LogP contribution in [0.4, 0.5) is 5.69 Å². The van der Waals surface area contributed by atoms with E-state index >= 15 is 0 Å². The Morgan fingerprint density at radius 2 is 2.28 bits per heavy atom. The van der Waals surface area contributed by atoms with Crippen LogP contribution in [0.15, 0.2) is 30.5 Å². The molecule has 1 aromatic carbocycles. The molecule has 6 heteroatoms. The molecule has 0 spiro atoms. The molecule has 0 atom stereocenters. The van der Waals surface area contributed by atoms with E-state index in [1.807, 2.05) is 6.07 Å². The first kappa shape index (κ1) is 11.7. The van der Waals surface area contributed by atoms with Crippen molar-refractivity contribution in [2.75, 3.05) is 5.73 Å². The molecule has 2 aromatic rings. The first-order valence-corrected chi connectivity index (χ1v) is 5.22. The third-order valence-corrected chi connectivity index (χ3v) is 2.42. The van der Waals surface area contributed by atoms with Crippen molar-refractivity contribution < 1.29 is 4.79 Å². The molecule has 0 unspecified atom stereocenters. The van der Waals surface area contributed by atoms with E-state index in [9.17, 15) is 4.79 Å². The predicted molar refractivity (Wildman–Crippen MR) is 65.4 cm³/mol. The van der Waals surface area contributed by atoms with Gasteiger partial charge in [-0.15, -0.1) is 0 Å². The van der Waals surface area contributed by atoms with E-state index in [1.165, 1.54) is 4.68 Å². The Labute approximate surface area is 103 Å². The lowest BCUT2D eigenvalue weighted by atomic mass is 10.1. The fraction of sp³-hybridized carbons (Fsp3) is 0.0833. The average Bonchev–Trinajstić information content (AvgIpc) is 2.70. The summed E-state index contributed by atoms with van der Waals surface area (Å²) in [5.41, 5.74) is 12.5. The van der Waals surface area contributed by atoms with Gasteiger partial charge in [-0.2, -0.15) is 10.4 Å². The lowest BCUT2D eigenvalue weighted by Crippen LogP contribution is -2.14. The van der Waals surface area contributed by atoms with E-state index in [4.69, 9.17) is 16.7 Å². The molecule has 0 fully saturated rings.